The average Bonchev–Trinajstić information content (AvgIpc) is 2.76. The van der Waals surface area contributed by atoms with Crippen LogP contribution in [0.5, 0.6) is 17.2 Å². The van der Waals surface area contributed by atoms with Crippen LogP contribution in [0.25, 0.3) is 17.2 Å². The zero-order chi connectivity index (χ0) is 21.3. The summed E-state index contributed by atoms with van der Waals surface area (Å²) in [5.74, 6) is 1.40. The molecule has 30 heavy (non-hydrogen) atoms. The lowest BCUT2D eigenvalue weighted by Gasteiger charge is -2.23. The van der Waals surface area contributed by atoms with Crippen LogP contribution in [0.3, 0.4) is 0 Å². The van der Waals surface area contributed by atoms with Crippen LogP contribution >= 0.6 is 0 Å². The van der Waals surface area contributed by atoms with Crippen molar-refractivity contribution in [3.05, 3.63) is 82.7 Å². The minimum Gasteiger partial charge on any atom is -0.497 e. The molecule has 0 unspecified atom stereocenters. The number of carbonyl (C=O) groups excluding carboxylic acids is 1. The number of Topliss-reactive ketones (excluding diaryl/α,β-unsaturated/α-hetero) is 1. The Morgan fingerprint density at radius 3 is 2.20 bits per heavy atom. The van der Waals surface area contributed by atoms with Gasteiger partial charge in [-0.1, -0.05) is 12.1 Å². The quantitative estimate of drug-likeness (QED) is 0.541. The average molecular weight is 404 g/mol. The topological polar surface area (TPSA) is 44.8 Å². The van der Waals surface area contributed by atoms with Gasteiger partial charge in [-0.15, -0.1) is 0 Å². The first-order valence-electron chi connectivity index (χ1n) is 9.50. The maximum Gasteiger partial charge on any atom is 0.196 e. The Morgan fingerprint density at radius 1 is 0.933 bits per heavy atom. The molecule has 0 saturated heterocycles. The van der Waals surface area contributed by atoms with Gasteiger partial charge in [-0.3, -0.25) is 4.79 Å². The van der Waals surface area contributed by atoms with Gasteiger partial charge in [0.25, 0.3) is 0 Å². The van der Waals surface area contributed by atoms with Crippen molar-refractivity contribution in [2.24, 2.45) is 0 Å². The first kappa shape index (κ1) is 19.7. The number of fused-ring (bicyclic) bond motifs is 1. The van der Waals surface area contributed by atoms with Gasteiger partial charge >= 0.3 is 0 Å². The van der Waals surface area contributed by atoms with E-state index in [1.54, 1.807) is 38.5 Å². The third kappa shape index (κ3) is 3.79. The van der Waals surface area contributed by atoms with E-state index in [0.717, 1.165) is 22.3 Å². The highest BCUT2D eigenvalue weighted by Gasteiger charge is 2.26. The number of aryl methyl sites for hydroxylation is 1. The third-order valence-electron chi connectivity index (χ3n) is 5.01. The maximum absolute atomic E-state index is 13.3. The molecule has 3 aromatic rings. The summed E-state index contributed by atoms with van der Waals surface area (Å²) in [7, 11) is 3.16. The number of ketones is 1. The third-order valence-corrected chi connectivity index (χ3v) is 5.01. The molecule has 0 N–H and O–H groups in total. The van der Waals surface area contributed by atoms with Crippen LogP contribution in [-0.4, -0.2) is 26.6 Å². The van der Waals surface area contributed by atoms with Gasteiger partial charge in [-0.05, 0) is 66.1 Å². The molecule has 0 spiro atoms. The summed E-state index contributed by atoms with van der Waals surface area (Å²) in [5, 5.41) is 0. The van der Waals surface area contributed by atoms with Crippen LogP contribution < -0.4 is 14.2 Å². The van der Waals surface area contributed by atoms with Crippen LogP contribution in [0, 0.1) is 12.7 Å². The Kier molecular flexibility index (Phi) is 5.27. The molecule has 0 atom stereocenters. The summed E-state index contributed by atoms with van der Waals surface area (Å²) < 4.78 is 30.0. The molecule has 1 aliphatic rings. The fourth-order valence-corrected chi connectivity index (χ4v) is 3.55. The molecule has 0 bridgehead atoms. The molecule has 0 aliphatic carbocycles. The molecule has 1 heterocycles. The Morgan fingerprint density at radius 2 is 1.57 bits per heavy atom. The fourth-order valence-electron chi connectivity index (χ4n) is 3.55. The van der Waals surface area contributed by atoms with Gasteiger partial charge in [-0.2, -0.15) is 0 Å². The van der Waals surface area contributed by atoms with Crippen molar-refractivity contribution in [2.75, 3.05) is 20.8 Å². The van der Waals surface area contributed by atoms with Gasteiger partial charge in [0.2, 0.25) is 0 Å². The van der Waals surface area contributed by atoms with Gasteiger partial charge in [0.15, 0.2) is 5.78 Å². The van der Waals surface area contributed by atoms with Crippen LogP contribution in [-0.2, 0) is 0 Å². The maximum atomic E-state index is 13.3. The molecular weight excluding hydrogens is 383 g/mol. The van der Waals surface area contributed by atoms with Crippen molar-refractivity contribution in [3.63, 3.8) is 0 Å². The Balaban J connectivity index is 1.76. The molecule has 0 aromatic heterocycles. The Labute approximate surface area is 174 Å². The second-order valence-corrected chi connectivity index (χ2v) is 7.13. The smallest absolute Gasteiger partial charge is 0.196 e. The van der Waals surface area contributed by atoms with Gasteiger partial charge in [-0.25, -0.2) is 4.39 Å². The van der Waals surface area contributed by atoms with E-state index in [1.807, 2.05) is 31.2 Å². The standard InChI is InChI=1S/C25H21FO4/c1-15-8-22(17-4-6-19(26)7-5-17)25-23(9-15)24(27)18(14-30-25)10-16-11-20(28-2)13-21(12-16)29-3/h4-13H,14H2,1-3H3/b18-10+. The second kappa shape index (κ2) is 8.03. The van der Waals surface area contributed by atoms with Crippen LogP contribution in [0.2, 0.25) is 0 Å². The number of hydrogen-bond donors (Lipinski definition) is 0. The van der Waals surface area contributed by atoms with Gasteiger partial charge < -0.3 is 14.2 Å². The number of halogens is 1. The van der Waals surface area contributed by atoms with E-state index < -0.39 is 0 Å². The minimum absolute atomic E-state index is 0.0925. The Bertz CT molecular complexity index is 1120. The summed E-state index contributed by atoms with van der Waals surface area (Å²) in [5.41, 5.74) is 4.33. The predicted molar refractivity (Wildman–Crippen MR) is 114 cm³/mol. The second-order valence-electron chi connectivity index (χ2n) is 7.13. The summed E-state index contributed by atoms with van der Waals surface area (Å²) in [6.45, 7) is 2.06. The molecule has 4 nitrogen and oxygen atoms in total. The number of rotatable bonds is 4. The van der Waals surface area contributed by atoms with Gasteiger partial charge in [0, 0.05) is 17.2 Å². The minimum atomic E-state index is -0.309. The lowest BCUT2D eigenvalue weighted by molar-refractivity contribution is 0.100. The molecule has 0 fully saturated rings. The number of carbonyl (C=O) groups is 1. The van der Waals surface area contributed by atoms with Gasteiger partial charge in [0.1, 0.15) is 29.7 Å². The summed E-state index contributed by atoms with van der Waals surface area (Å²) in [6, 6.07) is 15.4. The van der Waals surface area contributed by atoms with Crippen molar-refractivity contribution in [2.45, 2.75) is 6.92 Å². The monoisotopic (exact) mass is 404 g/mol. The van der Waals surface area contributed by atoms with Crippen molar-refractivity contribution < 1.29 is 23.4 Å². The number of ether oxygens (including phenoxy) is 3. The molecule has 0 radical (unpaired) electrons. The number of methoxy groups -OCH3 is 2. The summed E-state index contributed by atoms with van der Waals surface area (Å²) in [6.07, 6.45) is 1.79. The zero-order valence-corrected chi connectivity index (χ0v) is 17.0. The van der Waals surface area contributed by atoms with E-state index in [9.17, 15) is 9.18 Å². The molecule has 1 aliphatic heterocycles. The first-order valence-corrected chi connectivity index (χ1v) is 9.50. The molecule has 5 heteroatoms. The lowest BCUT2D eigenvalue weighted by Crippen LogP contribution is -2.20. The fraction of sp³-hybridized carbons (Fsp3) is 0.160. The van der Waals surface area contributed by atoms with Crippen LogP contribution in [0.4, 0.5) is 4.39 Å². The van der Waals surface area contributed by atoms with E-state index in [1.165, 1.54) is 12.1 Å². The molecule has 0 amide bonds. The normalized spacial score (nSPS) is 14.3. The van der Waals surface area contributed by atoms with Crippen LogP contribution in [0.1, 0.15) is 21.5 Å². The molecule has 4 rings (SSSR count). The number of benzene rings is 3. The number of hydrogen-bond acceptors (Lipinski definition) is 4. The van der Waals surface area contributed by atoms with Gasteiger partial charge in [0.05, 0.1) is 19.8 Å². The zero-order valence-electron chi connectivity index (χ0n) is 17.0. The molecule has 0 saturated carbocycles. The van der Waals surface area contributed by atoms with Crippen molar-refractivity contribution in [1.82, 2.24) is 0 Å². The molecule has 3 aromatic carbocycles. The predicted octanol–water partition coefficient (Wildman–Crippen LogP) is 5.48. The SMILES string of the molecule is COc1cc(/C=C2\COc3c(cc(C)cc3-c3ccc(F)cc3)C2=O)cc(OC)c1. The largest absolute Gasteiger partial charge is 0.497 e. The van der Waals surface area contributed by atoms with E-state index in [-0.39, 0.29) is 18.2 Å². The molecular formula is C25H21FO4. The van der Waals surface area contributed by atoms with Crippen molar-refractivity contribution in [3.8, 4) is 28.4 Å². The summed E-state index contributed by atoms with van der Waals surface area (Å²) in [4.78, 5) is 13.2. The van der Waals surface area contributed by atoms with E-state index in [2.05, 4.69) is 0 Å². The van der Waals surface area contributed by atoms with E-state index >= 15 is 0 Å². The first-order chi connectivity index (χ1) is 14.5. The Hall–Kier alpha value is -3.60. The van der Waals surface area contributed by atoms with Crippen LogP contribution in [0.15, 0.2) is 60.2 Å². The van der Waals surface area contributed by atoms with E-state index in [4.69, 9.17) is 14.2 Å². The summed E-state index contributed by atoms with van der Waals surface area (Å²) >= 11 is 0. The lowest BCUT2D eigenvalue weighted by atomic mass is 9.92. The highest BCUT2D eigenvalue weighted by atomic mass is 19.1. The highest BCUT2D eigenvalue weighted by Crippen LogP contribution is 2.39. The van der Waals surface area contributed by atoms with Crippen molar-refractivity contribution in [1.29, 1.82) is 0 Å². The van der Waals surface area contributed by atoms with Crippen molar-refractivity contribution >= 4 is 11.9 Å². The molecule has 152 valence electrons. The highest BCUT2D eigenvalue weighted by molar-refractivity contribution is 6.15. The van der Waals surface area contributed by atoms with E-state index in [0.29, 0.717) is 28.4 Å².